The third-order valence-electron chi connectivity index (χ3n) is 3.75. The Balaban J connectivity index is -0.000000399. The first-order valence-electron chi connectivity index (χ1n) is 10.6. The highest BCUT2D eigenvalue weighted by Gasteiger charge is 2.00. The summed E-state index contributed by atoms with van der Waals surface area (Å²) in [4.78, 5) is 30.4. The summed E-state index contributed by atoms with van der Waals surface area (Å²) in [5.74, 6) is -1.69. The molecule has 1 amide bonds. The van der Waals surface area contributed by atoms with Gasteiger partial charge in [0.05, 0.1) is 0 Å². The molecule has 0 aliphatic heterocycles. The van der Waals surface area contributed by atoms with Gasteiger partial charge in [-0.15, -0.1) is 0 Å². The molecular weight excluding hydrogens is 384 g/mol. The van der Waals surface area contributed by atoms with Crippen molar-refractivity contribution in [1.29, 1.82) is 0 Å². The second-order valence-electron chi connectivity index (χ2n) is 6.50. The minimum Gasteiger partial charge on any atom is -0.478 e. The van der Waals surface area contributed by atoms with Gasteiger partial charge in [-0.05, 0) is 25.8 Å². The molecule has 7 nitrogen and oxygen atoms in total. The molecule has 0 fully saturated rings. The molecule has 0 saturated carbocycles. The lowest BCUT2D eigenvalue weighted by molar-refractivity contribution is -0.137. The number of ether oxygens (including phenoxy) is 1. The molecule has 4 N–H and O–H groups in total. The SMILES string of the molecule is C=C(CCCCCCCC)C(N)=O.C=CC(=O)O.C=CC(=O)OCCNCCCC. The maximum absolute atomic E-state index is 10.6. The number of nitrogens with one attached hydrogen (secondary N) is 1. The Kier molecular flexibility index (Phi) is 28.6. The van der Waals surface area contributed by atoms with Crippen molar-refractivity contribution in [3.8, 4) is 0 Å². The fourth-order valence-electron chi connectivity index (χ4n) is 1.95. The Morgan fingerprint density at radius 3 is 1.93 bits per heavy atom. The van der Waals surface area contributed by atoms with Crippen LogP contribution in [0.1, 0.15) is 71.6 Å². The van der Waals surface area contributed by atoms with E-state index in [0.717, 1.165) is 38.4 Å². The smallest absolute Gasteiger partial charge is 0.330 e. The zero-order chi connectivity index (χ0) is 23.6. The van der Waals surface area contributed by atoms with Crippen molar-refractivity contribution in [2.24, 2.45) is 5.73 Å². The van der Waals surface area contributed by atoms with Crippen LogP contribution in [0.3, 0.4) is 0 Å². The maximum atomic E-state index is 10.6. The Morgan fingerprint density at radius 1 is 0.933 bits per heavy atom. The molecule has 0 aromatic rings. The van der Waals surface area contributed by atoms with E-state index in [1.165, 1.54) is 44.6 Å². The molecule has 0 atom stereocenters. The van der Waals surface area contributed by atoms with Crippen LogP contribution in [-0.4, -0.2) is 42.6 Å². The number of hydrogen-bond acceptors (Lipinski definition) is 5. The minimum absolute atomic E-state index is 0.353. The fourth-order valence-corrected chi connectivity index (χ4v) is 1.95. The first-order chi connectivity index (χ1) is 14.3. The van der Waals surface area contributed by atoms with Crippen LogP contribution in [0.4, 0.5) is 0 Å². The number of carboxylic acids is 1. The van der Waals surface area contributed by atoms with Gasteiger partial charge in [-0.2, -0.15) is 0 Å². The van der Waals surface area contributed by atoms with Crippen molar-refractivity contribution < 1.29 is 24.2 Å². The Bertz CT molecular complexity index is 490. The summed E-state index contributed by atoms with van der Waals surface area (Å²) >= 11 is 0. The normalized spacial score (nSPS) is 9.13. The molecule has 0 spiro atoms. The van der Waals surface area contributed by atoms with E-state index in [0.29, 0.717) is 12.2 Å². The van der Waals surface area contributed by atoms with E-state index >= 15 is 0 Å². The molecule has 0 radical (unpaired) electrons. The number of esters is 1. The van der Waals surface area contributed by atoms with Crippen molar-refractivity contribution in [3.05, 3.63) is 37.5 Å². The number of rotatable bonds is 16. The molecule has 7 heteroatoms. The third kappa shape index (κ3) is 33.2. The number of carbonyl (C=O) groups excluding carboxylic acids is 2. The van der Waals surface area contributed by atoms with E-state index in [1.54, 1.807) is 0 Å². The van der Waals surface area contributed by atoms with Crippen LogP contribution in [0.5, 0.6) is 0 Å². The Labute approximate surface area is 182 Å². The highest BCUT2D eigenvalue weighted by molar-refractivity contribution is 5.91. The summed E-state index contributed by atoms with van der Waals surface area (Å²) in [6.45, 7) is 16.3. The van der Waals surface area contributed by atoms with Crippen LogP contribution in [0.2, 0.25) is 0 Å². The number of aliphatic carboxylic acids is 1. The van der Waals surface area contributed by atoms with Crippen LogP contribution >= 0.6 is 0 Å². The molecule has 0 aliphatic rings. The molecule has 0 heterocycles. The van der Waals surface area contributed by atoms with Crippen molar-refractivity contribution in [2.45, 2.75) is 71.6 Å². The number of carbonyl (C=O) groups is 3. The molecular formula is C23H42N2O5. The summed E-state index contributed by atoms with van der Waals surface area (Å²) in [5, 5.41) is 10.8. The topological polar surface area (TPSA) is 119 Å². The second kappa shape index (κ2) is 26.6. The summed E-state index contributed by atoms with van der Waals surface area (Å²) in [5.41, 5.74) is 5.63. The zero-order valence-corrected chi connectivity index (χ0v) is 18.9. The van der Waals surface area contributed by atoms with Gasteiger partial charge < -0.3 is 20.9 Å². The molecule has 0 rings (SSSR count). The Hall–Kier alpha value is -2.41. The molecule has 0 aromatic carbocycles. The molecule has 0 bridgehead atoms. The van der Waals surface area contributed by atoms with Crippen LogP contribution < -0.4 is 11.1 Å². The average molecular weight is 427 g/mol. The van der Waals surface area contributed by atoms with E-state index in [9.17, 15) is 14.4 Å². The van der Waals surface area contributed by atoms with Gasteiger partial charge in [-0.3, -0.25) is 4.79 Å². The van der Waals surface area contributed by atoms with E-state index < -0.39 is 5.97 Å². The van der Waals surface area contributed by atoms with Crippen LogP contribution in [0, 0.1) is 0 Å². The number of amides is 1. The average Bonchev–Trinajstić information content (AvgIpc) is 2.73. The van der Waals surface area contributed by atoms with Crippen molar-refractivity contribution >= 4 is 17.8 Å². The van der Waals surface area contributed by atoms with E-state index in [2.05, 4.69) is 38.9 Å². The molecule has 0 aliphatic carbocycles. The number of unbranched alkanes of at least 4 members (excludes halogenated alkanes) is 6. The lowest BCUT2D eigenvalue weighted by atomic mass is 10.1. The third-order valence-corrected chi connectivity index (χ3v) is 3.75. The van der Waals surface area contributed by atoms with Gasteiger partial charge in [0.15, 0.2) is 0 Å². The van der Waals surface area contributed by atoms with Crippen molar-refractivity contribution in [1.82, 2.24) is 5.32 Å². The van der Waals surface area contributed by atoms with Crippen LogP contribution in [-0.2, 0) is 19.1 Å². The lowest BCUT2D eigenvalue weighted by Gasteiger charge is -2.03. The van der Waals surface area contributed by atoms with Gasteiger partial charge in [0.2, 0.25) is 5.91 Å². The molecule has 0 saturated heterocycles. The number of carboxylic acid groups (broad SMARTS) is 1. The molecule has 30 heavy (non-hydrogen) atoms. The van der Waals surface area contributed by atoms with Crippen molar-refractivity contribution in [3.63, 3.8) is 0 Å². The first kappa shape index (κ1) is 32.3. The first-order valence-corrected chi connectivity index (χ1v) is 10.6. The van der Waals surface area contributed by atoms with Gasteiger partial charge in [0.25, 0.3) is 0 Å². The number of primary amides is 1. The lowest BCUT2D eigenvalue weighted by Crippen LogP contribution is -2.21. The highest BCUT2D eigenvalue weighted by Crippen LogP contribution is 2.10. The summed E-state index contributed by atoms with van der Waals surface area (Å²) < 4.78 is 4.75. The summed E-state index contributed by atoms with van der Waals surface area (Å²) in [6, 6.07) is 0. The molecule has 0 aromatic heterocycles. The Morgan fingerprint density at radius 2 is 1.47 bits per heavy atom. The van der Waals surface area contributed by atoms with Gasteiger partial charge in [0, 0.05) is 24.3 Å². The van der Waals surface area contributed by atoms with E-state index in [1.807, 2.05) is 0 Å². The van der Waals surface area contributed by atoms with Gasteiger partial charge in [-0.1, -0.05) is 72.1 Å². The summed E-state index contributed by atoms with van der Waals surface area (Å²) in [6.07, 6.45) is 12.5. The largest absolute Gasteiger partial charge is 0.478 e. The van der Waals surface area contributed by atoms with Crippen LogP contribution in [0.15, 0.2) is 37.5 Å². The predicted octanol–water partition coefficient (Wildman–Crippen LogP) is 4.14. The second-order valence-corrected chi connectivity index (χ2v) is 6.50. The number of hydrogen-bond donors (Lipinski definition) is 3. The molecule has 174 valence electrons. The monoisotopic (exact) mass is 426 g/mol. The molecule has 0 unspecified atom stereocenters. The van der Waals surface area contributed by atoms with Gasteiger partial charge in [0.1, 0.15) is 6.61 Å². The van der Waals surface area contributed by atoms with E-state index in [4.69, 9.17) is 15.6 Å². The van der Waals surface area contributed by atoms with Crippen LogP contribution in [0.25, 0.3) is 0 Å². The van der Waals surface area contributed by atoms with Crippen molar-refractivity contribution in [2.75, 3.05) is 19.7 Å². The fraction of sp³-hybridized carbons (Fsp3) is 0.609. The number of nitrogens with two attached hydrogens (primary N) is 1. The maximum Gasteiger partial charge on any atom is 0.330 e. The predicted molar refractivity (Wildman–Crippen MR) is 123 cm³/mol. The van der Waals surface area contributed by atoms with Gasteiger partial charge >= 0.3 is 11.9 Å². The zero-order valence-electron chi connectivity index (χ0n) is 18.9. The minimum atomic E-state index is -0.981. The highest BCUT2D eigenvalue weighted by atomic mass is 16.5. The van der Waals surface area contributed by atoms with E-state index in [-0.39, 0.29) is 11.9 Å². The quantitative estimate of drug-likeness (QED) is 0.194. The van der Waals surface area contributed by atoms with Gasteiger partial charge in [-0.25, -0.2) is 9.59 Å². The summed E-state index contributed by atoms with van der Waals surface area (Å²) in [7, 11) is 0. The standard InChI is InChI=1S/C11H21NO.C9H17NO2.C3H4O2/c1-3-4-5-6-7-8-9-10(2)11(12)13;1-3-5-6-10-7-8-12-9(11)4-2;1-2-3(4)5/h2-9H2,1H3,(H2,12,13);4,10H,2-3,5-8H2,1H3;2H,1H2,(H,4,5).